The predicted molar refractivity (Wildman–Crippen MR) is 92.4 cm³/mol. The van der Waals surface area contributed by atoms with E-state index in [1.165, 1.54) is 19.2 Å². The lowest BCUT2D eigenvalue weighted by molar-refractivity contribution is -0.125. The molecule has 1 aliphatic heterocycles. The number of nitrogens with one attached hydrogen (secondary N) is 1. The lowest BCUT2D eigenvalue weighted by Crippen LogP contribution is -2.44. The van der Waals surface area contributed by atoms with Crippen LogP contribution in [-0.2, 0) is 4.79 Å². The number of ether oxygens (including phenoxy) is 1. The second-order valence-corrected chi connectivity index (χ2v) is 5.69. The third-order valence-electron chi connectivity index (χ3n) is 3.88. The Hall–Kier alpha value is -1.66. The van der Waals surface area contributed by atoms with Crippen molar-refractivity contribution < 1.29 is 14.3 Å². The van der Waals surface area contributed by atoms with Crippen LogP contribution in [0.1, 0.15) is 23.2 Å². The van der Waals surface area contributed by atoms with E-state index in [1.54, 1.807) is 11.9 Å². The molecule has 2 amide bonds. The van der Waals surface area contributed by atoms with Crippen LogP contribution in [0.15, 0.2) is 12.1 Å². The van der Waals surface area contributed by atoms with E-state index >= 15 is 0 Å². The number of hydrogen-bond donors (Lipinski definition) is 2. The highest BCUT2D eigenvalue weighted by molar-refractivity contribution is 6.33. The van der Waals surface area contributed by atoms with Gasteiger partial charge in [-0.3, -0.25) is 9.59 Å². The summed E-state index contributed by atoms with van der Waals surface area (Å²) in [7, 11) is 3.08. The fraction of sp³-hybridized carbons (Fsp3) is 0.467. The first-order valence-electron chi connectivity index (χ1n) is 7.11. The highest BCUT2D eigenvalue weighted by Gasteiger charge is 2.29. The minimum absolute atomic E-state index is 0. The molecule has 1 heterocycles. The molecule has 6 nitrogen and oxygen atoms in total. The molecule has 1 atom stereocenters. The average Bonchev–Trinajstić information content (AvgIpc) is 2.55. The number of amides is 2. The second-order valence-electron chi connectivity index (χ2n) is 5.28. The van der Waals surface area contributed by atoms with Crippen molar-refractivity contribution in [3.8, 4) is 5.75 Å². The van der Waals surface area contributed by atoms with Crippen molar-refractivity contribution >= 4 is 41.5 Å². The third kappa shape index (κ3) is 4.20. The Bertz CT molecular complexity index is 596. The summed E-state index contributed by atoms with van der Waals surface area (Å²) in [5.74, 6) is -0.0425. The molecule has 1 aromatic carbocycles. The molecular weight excluding hydrogens is 341 g/mol. The topological polar surface area (TPSA) is 84.7 Å². The lowest BCUT2D eigenvalue weighted by Gasteiger charge is -2.32. The van der Waals surface area contributed by atoms with Gasteiger partial charge in [-0.1, -0.05) is 11.6 Å². The van der Waals surface area contributed by atoms with Gasteiger partial charge < -0.3 is 20.7 Å². The first-order chi connectivity index (χ1) is 10.5. The standard InChI is InChI=1S/C15H20ClN3O3.ClH/c1-18-14(20)9-4-3-5-19(8-9)15(21)10-6-11(16)12(17)7-13(10)22-2;/h6-7,9H,3-5,8,17H2,1-2H3,(H,18,20);1H. The molecule has 0 spiro atoms. The number of anilines is 1. The van der Waals surface area contributed by atoms with Crippen molar-refractivity contribution in [1.29, 1.82) is 0 Å². The van der Waals surface area contributed by atoms with Crippen LogP contribution < -0.4 is 15.8 Å². The number of piperidine rings is 1. The summed E-state index contributed by atoms with van der Waals surface area (Å²) in [6.45, 7) is 1.00. The Balaban J connectivity index is 0.00000264. The molecule has 1 aromatic rings. The molecule has 0 bridgehead atoms. The largest absolute Gasteiger partial charge is 0.496 e. The summed E-state index contributed by atoms with van der Waals surface area (Å²) in [6, 6.07) is 3.05. The van der Waals surface area contributed by atoms with Gasteiger partial charge in [0, 0.05) is 26.2 Å². The van der Waals surface area contributed by atoms with E-state index in [2.05, 4.69) is 5.32 Å². The zero-order chi connectivity index (χ0) is 16.3. The van der Waals surface area contributed by atoms with Gasteiger partial charge >= 0.3 is 0 Å². The molecule has 0 aliphatic carbocycles. The van der Waals surface area contributed by atoms with Gasteiger partial charge in [-0.15, -0.1) is 12.4 Å². The van der Waals surface area contributed by atoms with Crippen LogP contribution in [0.25, 0.3) is 0 Å². The zero-order valence-corrected chi connectivity index (χ0v) is 14.7. The number of benzene rings is 1. The first kappa shape index (κ1) is 19.4. The summed E-state index contributed by atoms with van der Waals surface area (Å²) < 4.78 is 5.22. The summed E-state index contributed by atoms with van der Waals surface area (Å²) in [4.78, 5) is 26.2. The summed E-state index contributed by atoms with van der Waals surface area (Å²) >= 11 is 6.01. The number of nitrogens with zero attached hydrogens (tertiary/aromatic N) is 1. The van der Waals surface area contributed by atoms with E-state index in [4.69, 9.17) is 22.1 Å². The monoisotopic (exact) mass is 361 g/mol. The number of halogens is 2. The van der Waals surface area contributed by atoms with Crippen LogP contribution in [0.2, 0.25) is 5.02 Å². The van der Waals surface area contributed by atoms with E-state index in [9.17, 15) is 9.59 Å². The maximum Gasteiger partial charge on any atom is 0.257 e. The molecule has 23 heavy (non-hydrogen) atoms. The fourth-order valence-electron chi connectivity index (χ4n) is 2.66. The van der Waals surface area contributed by atoms with Crippen molar-refractivity contribution in [2.24, 2.45) is 5.92 Å². The predicted octanol–water partition coefficient (Wildman–Crippen LogP) is 1.95. The number of methoxy groups -OCH3 is 1. The van der Waals surface area contributed by atoms with Gasteiger partial charge in [0.2, 0.25) is 5.91 Å². The summed E-state index contributed by atoms with van der Waals surface area (Å²) in [5, 5.41) is 2.94. The van der Waals surface area contributed by atoms with Gasteiger partial charge in [0.25, 0.3) is 5.91 Å². The normalized spacial score (nSPS) is 17.2. The number of hydrogen-bond acceptors (Lipinski definition) is 4. The third-order valence-corrected chi connectivity index (χ3v) is 4.20. The minimum atomic E-state index is -0.202. The Labute approximate surface area is 146 Å². The minimum Gasteiger partial charge on any atom is -0.496 e. The van der Waals surface area contributed by atoms with Gasteiger partial charge in [0.05, 0.1) is 29.3 Å². The van der Waals surface area contributed by atoms with E-state index < -0.39 is 0 Å². The molecule has 128 valence electrons. The number of rotatable bonds is 3. The van der Waals surface area contributed by atoms with E-state index in [0.29, 0.717) is 35.1 Å². The van der Waals surface area contributed by atoms with Crippen molar-refractivity contribution in [1.82, 2.24) is 10.2 Å². The van der Waals surface area contributed by atoms with Crippen LogP contribution in [0.4, 0.5) is 5.69 Å². The van der Waals surface area contributed by atoms with Gasteiger partial charge in [-0.05, 0) is 18.9 Å². The summed E-state index contributed by atoms with van der Waals surface area (Å²) in [6.07, 6.45) is 1.57. The molecule has 1 saturated heterocycles. The molecule has 0 radical (unpaired) electrons. The fourth-order valence-corrected chi connectivity index (χ4v) is 2.82. The molecule has 1 aliphatic rings. The van der Waals surface area contributed by atoms with Crippen LogP contribution >= 0.6 is 24.0 Å². The molecule has 1 fully saturated rings. The number of nitrogen functional groups attached to an aromatic ring is 1. The average molecular weight is 362 g/mol. The summed E-state index contributed by atoms with van der Waals surface area (Å²) in [5.41, 5.74) is 6.45. The Morgan fingerprint density at radius 1 is 1.43 bits per heavy atom. The van der Waals surface area contributed by atoms with Crippen molar-refractivity contribution in [2.45, 2.75) is 12.8 Å². The molecule has 1 unspecified atom stereocenters. The Kier molecular flexibility index (Phi) is 6.97. The number of likely N-dealkylation sites (tertiary alicyclic amines) is 1. The van der Waals surface area contributed by atoms with Crippen molar-refractivity contribution in [3.63, 3.8) is 0 Å². The molecule has 3 N–H and O–H groups in total. The van der Waals surface area contributed by atoms with Gasteiger partial charge in [-0.2, -0.15) is 0 Å². The van der Waals surface area contributed by atoms with Crippen LogP contribution in [0.3, 0.4) is 0 Å². The second kappa shape index (κ2) is 8.26. The zero-order valence-electron chi connectivity index (χ0n) is 13.1. The maximum atomic E-state index is 12.7. The van der Waals surface area contributed by atoms with E-state index in [1.807, 2.05) is 0 Å². The molecular formula is C15H21Cl2N3O3. The van der Waals surface area contributed by atoms with Crippen molar-refractivity contribution in [2.75, 3.05) is 33.0 Å². The van der Waals surface area contributed by atoms with E-state index in [-0.39, 0.29) is 30.1 Å². The Morgan fingerprint density at radius 2 is 2.13 bits per heavy atom. The highest BCUT2D eigenvalue weighted by Crippen LogP contribution is 2.30. The van der Waals surface area contributed by atoms with Crippen LogP contribution in [-0.4, -0.2) is 44.0 Å². The van der Waals surface area contributed by atoms with Gasteiger partial charge in [-0.25, -0.2) is 0 Å². The quantitative estimate of drug-likeness (QED) is 0.805. The van der Waals surface area contributed by atoms with Crippen molar-refractivity contribution in [3.05, 3.63) is 22.7 Å². The first-order valence-corrected chi connectivity index (χ1v) is 7.49. The van der Waals surface area contributed by atoms with E-state index in [0.717, 1.165) is 12.8 Å². The highest BCUT2D eigenvalue weighted by atomic mass is 35.5. The molecule has 2 rings (SSSR count). The molecule has 0 saturated carbocycles. The van der Waals surface area contributed by atoms with Crippen LogP contribution in [0.5, 0.6) is 5.75 Å². The lowest BCUT2D eigenvalue weighted by atomic mass is 9.96. The van der Waals surface area contributed by atoms with Gasteiger partial charge in [0.1, 0.15) is 5.75 Å². The molecule has 0 aromatic heterocycles. The molecule has 8 heteroatoms. The smallest absolute Gasteiger partial charge is 0.257 e. The number of carbonyl (C=O) groups is 2. The number of nitrogens with two attached hydrogens (primary N) is 1. The number of carbonyl (C=O) groups excluding carboxylic acids is 2. The maximum absolute atomic E-state index is 12.7. The van der Waals surface area contributed by atoms with Crippen LogP contribution in [0, 0.1) is 5.92 Å². The SMILES string of the molecule is CNC(=O)C1CCCN(C(=O)c2cc(Cl)c(N)cc2OC)C1.Cl. The van der Waals surface area contributed by atoms with Gasteiger partial charge in [0.15, 0.2) is 0 Å². The Morgan fingerprint density at radius 3 is 2.74 bits per heavy atom.